The molecule has 1 saturated heterocycles. The van der Waals surface area contributed by atoms with Gasteiger partial charge in [0.25, 0.3) is 0 Å². The van der Waals surface area contributed by atoms with E-state index in [0.717, 1.165) is 16.4 Å². The molecule has 0 saturated carbocycles. The van der Waals surface area contributed by atoms with Crippen LogP contribution >= 0.6 is 0 Å². The molecule has 0 unspecified atom stereocenters. The number of hydrogen-bond acceptors (Lipinski definition) is 5. The van der Waals surface area contributed by atoms with Gasteiger partial charge < -0.3 is 14.2 Å². The van der Waals surface area contributed by atoms with Crippen molar-refractivity contribution < 1.29 is 35.8 Å². The monoisotopic (exact) mass is 341 g/mol. The fraction of sp³-hybridized carbons (Fsp3) is 0.500. The van der Waals surface area contributed by atoms with E-state index >= 15 is 0 Å². The zero-order chi connectivity index (χ0) is 16.4. The highest BCUT2D eigenvalue weighted by Crippen LogP contribution is 2.31. The van der Waals surface area contributed by atoms with Gasteiger partial charge in [-0.3, -0.25) is 0 Å². The Balaban J connectivity index is 2.24. The van der Waals surface area contributed by atoms with Crippen LogP contribution in [0.15, 0.2) is 29.2 Å². The normalized spacial score (nSPS) is 17.1. The summed E-state index contributed by atoms with van der Waals surface area (Å²) in [6, 6.07) is 4.55. The van der Waals surface area contributed by atoms with E-state index in [1.165, 1.54) is 19.2 Å². The van der Waals surface area contributed by atoms with Gasteiger partial charge in [-0.05, 0) is 12.1 Å². The third-order valence-corrected chi connectivity index (χ3v) is 4.72. The first-order chi connectivity index (χ1) is 10.2. The number of nitrogens with zero attached hydrogens (tertiary/aromatic N) is 1. The van der Waals surface area contributed by atoms with E-state index in [2.05, 4.69) is 4.74 Å². The minimum atomic E-state index is -4.98. The predicted octanol–water partition coefficient (Wildman–Crippen LogP) is 1.58. The second kappa shape index (κ2) is 6.41. The molecule has 1 aliphatic heterocycles. The van der Waals surface area contributed by atoms with Crippen molar-refractivity contribution in [2.24, 2.45) is 0 Å². The summed E-state index contributed by atoms with van der Waals surface area (Å²) in [7, 11) is -2.95. The van der Waals surface area contributed by atoms with Crippen molar-refractivity contribution in [2.75, 3.05) is 26.8 Å². The highest BCUT2D eigenvalue weighted by molar-refractivity contribution is 7.89. The number of benzene rings is 1. The lowest BCUT2D eigenvalue weighted by Crippen LogP contribution is -2.35. The Hall–Kier alpha value is -1.36. The van der Waals surface area contributed by atoms with Crippen molar-refractivity contribution in [1.29, 1.82) is 0 Å². The summed E-state index contributed by atoms with van der Waals surface area (Å²) in [5.74, 6) is -0.782. The summed E-state index contributed by atoms with van der Waals surface area (Å²) in [4.78, 5) is -0.576. The van der Waals surface area contributed by atoms with Crippen LogP contribution in [-0.4, -0.2) is 52.2 Å². The molecule has 10 heteroatoms. The number of hydrogen-bond donors (Lipinski definition) is 0. The molecule has 0 amide bonds. The fourth-order valence-corrected chi connectivity index (χ4v) is 3.13. The number of para-hydroxylation sites is 1. The maximum absolute atomic E-state index is 12.4. The Bertz CT molecular complexity index is 613. The van der Waals surface area contributed by atoms with Crippen LogP contribution < -0.4 is 4.74 Å². The summed E-state index contributed by atoms with van der Waals surface area (Å²) in [5, 5.41) is 0. The number of ether oxygens (including phenoxy) is 3. The Morgan fingerprint density at radius 3 is 2.45 bits per heavy atom. The topological polar surface area (TPSA) is 65.1 Å². The molecule has 0 aliphatic carbocycles. The molecule has 22 heavy (non-hydrogen) atoms. The second-order valence-electron chi connectivity index (χ2n) is 4.45. The van der Waals surface area contributed by atoms with Crippen LogP contribution in [0.2, 0.25) is 0 Å². The quantitative estimate of drug-likeness (QED) is 0.814. The summed E-state index contributed by atoms with van der Waals surface area (Å²) in [6.45, 7) is 0.543. The van der Waals surface area contributed by atoms with Gasteiger partial charge in [-0.25, -0.2) is 8.42 Å². The molecule has 124 valence electrons. The zero-order valence-electron chi connectivity index (χ0n) is 11.5. The van der Waals surface area contributed by atoms with Gasteiger partial charge in [0.1, 0.15) is 10.6 Å². The molecule has 1 fully saturated rings. The molecule has 0 radical (unpaired) electrons. The molecule has 1 aromatic rings. The average molecular weight is 341 g/mol. The lowest BCUT2D eigenvalue weighted by Gasteiger charge is -2.21. The molecule has 0 spiro atoms. The molecule has 2 rings (SSSR count). The van der Waals surface area contributed by atoms with Crippen molar-refractivity contribution in [3.8, 4) is 5.75 Å². The van der Waals surface area contributed by atoms with Crippen molar-refractivity contribution >= 4 is 10.0 Å². The van der Waals surface area contributed by atoms with Crippen molar-refractivity contribution in [3.05, 3.63) is 24.3 Å². The lowest BCUT2D eigenvalue weighted by molar-refractivity contribution is -0.275. The van der Waals surface area contributed by atoms with Crippen molar-refractivity contribution in [1.82, 2.24) is 4.31 Å². The standard InChI is InChI=1S/C12H14F3NO5S/c1-16(8-11-19-6-7-20-11)22(17,18)10-5-3-2-4-9(10)21-12(13,14)15/h2-5,11H,6-8H2,1H3. The Morgan fingerprint density at radius 1 is 1.27 bits per heavy atom. The number of rotatable bonds is 5. The highest BCUT2D eigenvalue weighted by atomic mass is 32.2. The van der Waals surface area contributed by atoms with Gasteiger partial charge in [-0.2, -0.15) is 4.31 Å². The third-order valence-electron chi connectivity index (χ3n) is 2.86. The molecule has 0 N–H and O–H groups in total. The van der Waals surface area contributed by atoms with Crippen LogP contribution in [0.5, 0.6) is 5.75 Å². The Morgan fingerprint density at radius 2 is 1.86 bits per heavy atom. The lowest BCUT2D eigenvalue weighted by atomic mass is 10.3. The van der Waals surface area contributed by atoms with E-state index in [1.807, 2.05) is 0 Å². The highest BCUT2D eigenvalue weighted by Gasteiger charge is 2.35. The van der Waals surface area contributed by atoms with E-state index in [9.17, 15) is 21.6 Å². The van der Waals surface area contributed by atoms with Gasteiger partial charge in [0.2, 0.25) is 10.0 Å². The van der Waals surface area contributed by atoms with Gasteiger partial charge >= 0.3 is 6.36 Å². The zero-order valence-corrected chi connectivity index (χ0v) is 12.4. The second-order valence-corrected chi connectivity index (χ2v) is 6.46. The van der Waals surface area contributed by atoms with E-state index < -0.39 is 33.3 Å². The molecule has 0 atom stereocenters. The van der Waals surface area contributed by atoms with Gasteiger partial charge in [0.05, 0.1) is 19.8 Å². The molecule has 1 heterocycles. The largest absolute Gasteiger partial charge is 0.573 e. The molecule has 6 nitrogen and oxygen atoms in total. The van der Waals surface area contributed by atoms with Crippen LogP contribution in [0, 0.1) is 0 Å². The van der Waals surface area contributed by atoms with E-state index in [-0.39, 0.29) is 6.54 Å². The van der Waals surface area contributed by atoms with Gasteiger partial charge in [0, 0.05) is 7.05 Å². The number of alkyl halides is 3. The Labute approximate surface area is 125 Å². The molecular formula is C12H14F3NO5S. The summed E-state index contributed by atoms with van der Waals surface area (Å²) in [6.07, 6.45) is -5.72. The molecule has 1 aliphatic rings. The average Bonchev–Trinajstić information content (AvgIpc) is 2.90. The van der Waals surface area contributed by atoms with Crippen LogP contribution in [0.4, 0.5) is 13.2 Å². The summed E-state index contributed by atoms with van der Waals surface area (Å²) >= 11 is 0. The van der Waals surface area contributed by atoms with Crippen molar-refractivity contribution in [2.45, 2.75) is 17.5 Å². The summed E-state index contributed by atoms with van der Waals surface area (Å²) in [5.41, 5.74) is 0. The third kappa shape index (κ3) is 4.09. The SMILES string of the molecule is CN(CC1OCCO1)S(=O)(=O)c1ccccc1OC(F)(F)F. The minimum Gasteiger partial charge on any atom is -0.404 e. The smallest absolute Gasteiger partial charge is 0.404 e. The van der Waals surface area contributed by atoms with Crippen LogP contribution in [0.25, 0.3) is 0 Å². The Kier molecular flexibility index (Phi) is 4.95. The predicted molar refractivity (Wildman–Crippen MR) is 68.6 cm³/mol. The first-order valence-electron chi connectivity index (χ1n) is 6.24. The maximum atomic E-state index is 12.4. The number of sulfonamides is 1. The number of halogens is 3. The first-order valence-corrected chi connectivity index (χ1v) is 7.68. The number of likely N-dealkylation sites (N-methyl/N-ethyl adjacent to an activating group) is 1. The van der Waals surface area contributed by atoms with Gasteiger partial charge in [-0.15, -0.1) is 13.2 Å². The van der Waals surface area contributed by atoms with Crippen LogP contribution in [0.1, 0.15) is 0 Å². The fourth-order valence-electron chi connectivity index (χ4n) is 1.86. The maximum Gasteiger partial charge on any atom is 0.573 e. The molecule has 1 aromatic carbocycles. The van der Waals surface area contributed by atoms with E-state index in [0.29, 0.717) is 13.2 Å². The van der Waals surface area contributed by atoms with E-state index in [4.69, 9.17) is 9.47 Å². The van der Waals surface area contributed by atoms with Gasteiger partial charge in [0.15, 0.2) is 6.29 Å². The molecule has 0 bridgehead atoms. The van der Waals surface area contributed by atoms with Gasteiger partial charge in [-0.1, -0.05) is 12.1 Å². The molecular weight excluding hydrogens is 327 g/mol. The van der Waals surface area contributed by atoms with Crippen LogP contribution in [0.3, 0.4) is 0 Å². The first kappa shape index (κ1) is 17.0. The molecule has 0 aromatic heterocycles. The van der Waals surface area contributed by atoms with Crippen LogP contribution in [-0.2, 0) is 19.5 Å². The van der Waals surface area contributed by atoms with E-state index in [1.54, 1.807) is 0 Å². The summed E-state index contributed by atoms with van der Waals surface area (Å²) < 4.78 is 76.8. The minimum absolute atomic E-state index is 0.136. The van der Waals surface area contributed by atoms with Crippen molar-refractivity contribution in [3.63, 3.8) is 0 Å².